The molecular formula is C11H12ClN3. The van der Waals surface area contributed by atoms with Crippen LogP contribution >= 0.6 is 11.6 Å². The highest BCUT2D eigenvalue weighted by Gasteiger charge is 2.03. The maximum absolute atomic E-state index is 6.02. The van der Waals surface area contributed by atoms with Crippen LogP contribution in [-0.2, 0) is 7.05 Å². The lowest BCUT2D eigenvalue weighted by Crippen LogP contribution is -1.88. The first kappa shape index (κ1) is 10.1. The summed E-state index contributed by atoms with van der Waals surface area (Å²) in [5.74, 6) is 0. The maximum Gasteiger partial charge on any atom is 0.0568 e. The Bertz CT molecular complexity index is 476. The second-order valence-electron chi connectivity index (χ2n) is 3.38. The highest BCUT2D eigenvalue weighted by atomic mass is 35.5. The first-order chi connectivity index (χ1) is 7.19. The molecule has 0 aliphatic heterocycles. The van der Waals surface area contributed by atoms with Crippen LogP contribution in [-0.4, -0.2) is 16.8 Å². The van der Waals surface area contributed by atoms with E-state index in [-0.39, 0.29) is 0 Å². The van der Waals surface area contributed by atoms with Crippen molar-refractivity contribution >= 4 is 17.3 Å². The molecule has 2 rings (SSSR count). The summed E-state index contributed by atoms with van der Waals surface area (Å²) < 4.78 is 1.77. The second-order valence-corrected chi connectivity index (χ2v) is 3.82. The molecule has 0 unspecified atom stereocenters. The first-order valence-corrected chi connectivity index (χ1v) is 5.04. The molecule has 2 aromatic rings. The molecule has 78 valence electrons. The van der Waals surface area contributed by atoms with E-state index in [4.69, 9.17) is 11.6 Å². The highest BCUT2D eigenvalue weighted by molar-refractivity contribution is 6.31. The van der Waals surface area contributed by atoms with Crippen LogP contribution in [0.5, 0.6) is 0 Å². The van der Waals surface area contributed by atoms with E-state index in [0.717, 1.165) is 21.8 Å². The zero-order chi connectivity index (χ0) is 10.8. The molecule has 0 atom stereocenters. The van der Waals surface area contributed by atoms with Gasteiger partial charge in [-0.2, -0.15) is 5.10 Å². The number of benzene rings is 1. The average molecular weight is 222 g/mol. The fourth-order valence-corrected chi connectivity index (χ4v) is 1.71. The van der Waals surface area contributed by atoms with Crippen molar-refractivity contribution in [3.63, 3.8) is 0 Å². The second kappa shape index (κ2) is 3.95. The molecule has 1 N–H and O–H groups in total. The standard InChI is InChI=1S/C11H12ClN3/c1-13-11-4-8(3-10(12)5-11)9-6-14-15(2)7-9/h3-7,13H,1-2H3. The predicted octanol–water partition coefficient (Wildman–Crippen LogP) is 2.78. The Hall–Kier alpha value is -1.48. The van der Waals surface area contributed by atoms with E-state index < -0.39 is 0 Å². The predicted molar refractivity (Wildman–Crippen MR) is 63.2 cm³/mol. The molecule has 0 radical (unpaired) electrons. The van der Waals surface area contributed by atoms with Gasteiger partial charge in [-0.3, -0.25) is 4.68 Å². The van der Waals surface area contributed by atoms with E-state index in [9.17, 15) is 0 Å². The Labute approximate surface area is 93.7 Å². The molecule has 0 aliphatic carbocycles. The molecule has 15 heavy (non-hydrogen) atoms. The van der Waals surface area contributed by atoms with Crippen molar-refractivity contribution in [2.75, 3.05) is 12.4 Å². The van der Waals surface area contributed by atoms with Crippen LogP contribution in [0, 0.1) is 0 Å². The van der Waals surface area contributed by atoms with Crippen molar-refractivity contribution in [1.82, 2.24) is 9.78 Å². The van der Waals surface area contributed by atoms with E-state index in [2.05, 4.69) is 10.4 Å². The van der Waals surface area contributed by atoms with Gasteiger partial charge in [-0.1, -0.05) is 11.6 Å². The van der Waals surface area contributed by atoms with E-state index in [1.54, 1.807) is 4.68 Å². The van der Waals surface area contributed by atoms with Gasteiger partial charge in [0.15, 0.2) is 0 Å². The van der Waals surface area contributed by atoms with Gasteiger partial charge in [-0.05, 0) is 23.8 Å². The molecule has 0 saturated heterocycles. The molecule has 0 saturated carbocycles. The van der Waals surface area contributed by atoms with E-state index in [1.807, 2.05) is 44.7 Å². The SMILES string of the molecule is CNc1cc(Cl)cc(-c2cnn(C)c2)c1. The Kier molecular flexibility index (Phi) is 2.64. The van der Waals surface area contributed by atoms with Gasteiger partial charge in [0.05, 0.1) is 6.20 Å². The molecule has 0 aliphatic rings. The molecule has 0 fully saturated rings. The summed E-state index contributed by atoms with van der Waals surface area (Å²) in [6.07, 6.45) is 3.79. The van der Waals surface area contributed by atoms with Gasteiger partial charge in [0, 0.05) is 36.6 Å². The van der Waals surface area contributed by atoms with Crippen LogP contribution in [0.25, 0.3) is 11.1 Å². The lowest BCUT2D eigenvalue weighted by molar-refractivity contribution is 0.768. The summed E-state index contributed by atoms with van der Waals surface area (Å²) in [5.41, 5.74) is 3.14. The minimum Gasteiger partial charge on any atom is -0.388 e. The van der Waals surface area contributed by atoms with Crippen LogP contribution < -0.4 is 5.32 Å². The zero-order valence-corrected chi connectivity index (χ0v) is 9.42. The molecule has 4 heteroatoms. The van der Waals surface area contributed by atoms with Gasteiger partial charge in [-0.25, -0.2) is 0 Å². The van der Waals surface area contributed by atoms with Crippen LogP contribution in [0.1, 0.15) is 0 Å². The molecule has 0 spiro atoms. The Morgan fingerprint density at radius 3 is 2.67 bits per heavy atom. The van der Waals surface area contributed by atoms with Gasteiger partial charge in [0.1, 0.15) is 0 Å². The van der Waals surface area contributed by atoms with E-state index >= 15 is 0 Å². The van der Waals surface area contributed by atoms with Crippen LogP contribution in [0.4, 0.5) is 5.69 Å². The molecule has 3 nitrogen and oxygen atoms in total. The summed E-state index contributed by atoms with van der Waals surface area (Å²) in [6.45, 7) is 0. The minimum atomic E-state index is 0.723. The number of nitrogens with zero attached hydrogens (tertiary/aromatic N) is 2. The minimum absolute atomic E-state index is 0.723. The molecular weight excluding hydrogens is 210 g/mol. The summed E-state index contributed by atoms with van der Waals surface area (Å²) in [5, 5.41) is 7.93. The van der Waals surface area contributed by atoms with Crippen molar-refractivity contribution in [1.29, 1.82) is 0 Å². The summed E-state index contributed by atoms with van der Waals surface area (Å²) >= 11 is 6.02. The van der Waals surface area contributed by atoms with Crippen molar-refractivity contribution in [2.24, 2.45) is 7.05 Å². The van der Waals surface area contributed by atoms with Crippen molar-refractivity contribution in [3.8, 4) is 11.1 Å². The Balaban J connectivity index is 2.48. The zero-order valence-electron chi connectivity index (χ0n) is 8.66. The van der Waals surface area contributed by atoms with E-state index in [1.165, 1.54) is 0 Å². The quantitative estimate of drug-likeness (QED) is 0.845. The molecule has 0 bridgehead atoms. The fraction of sp³-hybridized carbons (Fsp3) is 0.182. The number of rotatable bonds is 2. The Morgan fingerprint density at radius 1 is 1.27 bits per heavy atom. The van der Waals surface area contributed by atoms with Crippen molar-refractivity contribution < 1.29 is 0 Å². The summed E-state index contributed by atoms with van der Waals surface area (Å²) in [6, 6.07) is 5.86. The summed E-state index contributed by atoms with van der Waals surface area (Å²) in [4.78, 5) is 0. The lowest BCUT2D eigenvalue weighted by atomic mass is 10.1. The number of nitrogens with one attached hydrogen (secondary N) is 1. The Morgan fingerprint density at radius 2 is 2.07 bits per heavy atom. The molecule has 1 heterocycles. The third-order valence-electron chi connectivity index (χ3n) is 2.22. The number of halogens is 1. The van der Waals surface area contributed by atoms with Gasteiger partial charge in [-0.15, -0.1) is 0 Å². The number of hydrogen-bond donors (Lipinski definition) is 1. The van der Waals surface area contributed by atoms with Crippen LogP contribution in [0.2, 0.25) is 5.02 Å². The number of hydrogen-bond acceptors (Lipinski definition) is 2. The fourth-order valence-electron chi connectivity index (χ4n) is 1.47. The van der Waals surface area contributed by atoms with Crippen LogP contribution in [0.3, 0.4) is 0 Å². The topological polar surface area (TPSA) is 29.9 Å². The average Bonchev–Trinajstić information content (AvgIpc) is 2.64. The first-order valence-electron chi connectivity index (χ1n) is 4.66. The number of anilines is 1. The third-order valence-corrected chi connectivity index (χ3v) is 2.44. The lowest BCUT2D eigenvalue weighted by Gasteiger charge is -2.04. The summed E-state index contributed by atoms with van der Waals surface area (Å²) in [7, 11) is 3.77. The highest BCUT2D eigenvalue weighted by Crippen LogP contribution is 2.26. The largest absolute Gasteiger partial charge is 0.388 e. The third kappa shape index (κ3) is 2.13. The normalized spacial score (nSPS) is 10.3. The van der Waals surface area contributed by atoms with Gasteiger partial charge in [0.25, 0.3) is 0 Å². The monoisotopic (exact) mass is 221 g/mol. The maximum atomic E-state index is 6.02. The number of aryl methyl sites for hydroxylation is 1. The number of aromatic nitrogens is 2. The van der Waals surface area contributed by atoms with Gasteiger partial charge in [0.2, 0.25) is 0 Å². The molecule has 1 aromatic heterocycles. The van der Waals surface area contributed by atoms with Crippen LogP contribution in [0.15, 0.2) is 30.6 Å². The molecule has 0 amide bonds. The van der Waals surface area contributed by atoms with E-state index in [0.29, 0.717) is 0 Å². The smallest absolute Gasteiger partial charge is 0.0568 e. The van der Waals surface area contributed by atoms with Gasteiger partial charge < -0.3 is 5.32 Å². The van der Waals surface area contributed by atoms with Crippen molar-refractivity contribution in [2.45, 2.75) is 0 Å². The van der Waals surface area contributed by atoms with Gasteiger partial charge >= 0.3 is 0 Å². The molecule has 1 aromatic carbocycles. The van der Waals surface area contributed by atoms with Crippen molar-refractivity contribution in [3.05, 3.63) is 35.6 Å².